The summed E-state index contributed by atoms with van der Waals surface area (Å²) in [5.74, 6) is 0.0681. The lowest BCUT2D eigenvalue weighted by Crippen LogP contribution is -2.32. The molecule has 0 fully saturated rings. The summed E-state index contributed by atoms with van der Waals surface area (Å²) in [6, 6.07) is 9.36. The zero-order valence-electron chi connectivity index (χ0n) is 10.1. The molecule has 88 valence electrons. The van der Waals surface area contributed by atoms with Crippen LogP contribution in [-0.2, 0) is 0 Å². The van der Waals surface area contributed by atoms with Crippen molar-refractivity contribution in [1.82, 2.24) is 4.98 Å². The second-order valence-corrected chi connectivity index (χ2v) is 4.79. The topological polar surface area (TPSA) is 56.0 Å². The molecule has 0 unspecified atom stereocenters. The minimum absolute atomic E-state index is 0.0681. The molecular weight excluding hydrogens is 212 g/mol. The molecule has 17 heavy (non-hydrogen) atoms. The number of hydrogen-bond donors (Lipinski definition) is 1. The fourth-order valence-corrected chi connectivity index (χ4v) is 1.76. The van der Waals surface area contributed by atoms with Crippen molar-refractivity contribution in [1.29, 1.82) is 0 Å². The first kappa shape index (κ1) is 11.7. The van der Waals surface area contributed by atoms with E-state index in [0.29, 0.717) is 12.1 Å². The van der Waals surface area contributed by atoms with Gasteiger partial charge in [-0.3, -0.25) is 9.78 Å². The third-order valence-electron chi connectivity index (χ3n) is 3.02. The maximum Gasteiger partial charge on any atom is 0.170 e. The van der Waals surface area contributed by atoms with Gasteiger partial charge in [0.15, 0.2) is 5.78 Å². The zero-order valence-corrected chi connectivity index (χ0v) is 10.1. The SMILES string of the molecule is CC(C)(CN)C(=O)c1cccc2ncccc12. The average molecular weight is 228 g/mol. The summed E-state index contributed by atoms with van der Waals surface area (Å²) in [5.41, 5.74) is 6.65. The van der Waals surface area contributed by atoms with Crippen LogP contribution in [0, 0.1) is 5.41 Å². The highest BCUT2D eigenvalue weighted by atomic mass is 16.1. The van der Waals surface area contributed by atoms with Crippen molar-refractivity contribution >= 4 is 16.7 Å². The van der Waals surface area contributed by atoms with E-state index in [0.717, 1.165) is 10.9 Å². The number of carbonyl (C=O) groups excluding carboxylic acids is 1. The van der Waals surface area contributed by atoms with Crippen molar-refractivity contribution in [3.63, 3.8) is 0 Å². The number of rotatable bonds is 3. The Labute approximate surface area is 101 Å². The lowest BCUT2D eigenvalue weighted by Gasteiger charge is -2.21. The molecule has 0 aliphatic carbocycles. The van der Waals surface area contributed by atoms with Gasteiger partial charge in [-0.25, -0.2) is 0 Å². The Morgan fingerprint density at radius 1 is 1.29 bits per heavy atom. The van der Waals surface area contributed by atoms with E-state index < -0.39 is 5.41 Å². The van der Waals surface area contributed by atoms with Crippen molar-refractivity contribution < 1.29 is 4.79 Å². The van der Waals surface area contributed by atoms with Gasteiger partial charge in [-0.1, -0.05) is 32.0 Å². The molecule has 0 saturated heterocycles. The number of carbonyl (C=O) groups is 1. The van der Waals surface area contributed by atoms with E-state index in [1.807, 2.05) is 44.2 Å². The van der Waals surface area contributed by atoms with Crippen molar-refractivity contribution in [3.8, 4) is 0 Å². The maximum absolute atomic E-state index is 12.4. The van der Waals surface area contributed by atoms with Crippen LogP contribution in [0.25, 0.3) is 10.9 Å². The smallest absolute Gasteiger partial charge is 0.170 e. The Balaban J connectivity index is 2.60. The third kappa shape index (κ3) is 2.06. The predicted molar refractivity (Wildman–Crippen MR) is 68.9 cm³/mol. The number of aromatic nitrogens is 1. The molecule has 0 bridgehead atoms. The van der Waals surface area contributed by atoms with Crippen LogP contribution in [0.1, 0.15) is 24.2 Å². The Kier molecular flexibility index (Phi) is 2.94. The quantitative estimate of drug-likeness (QED) is 0.821. The van der Waals surface area contributed by atoms with E-state index in [1.54, 1.807) is 6.20 Å². The molecule has 2 rings (SSSR count). The molecule has 2 N–H and O–H groups in total. The van der Waals surface area contributed by atoms with Crippen molar-refractivity contribution in [2.24, 2.45) is 11.1 Å². The Morgan fingerprint density at radius 3 is 2.76 bits per heavy atom. The molecule has 0 aliphatic heterocycles. The number of pyridine rings is 1. The standard InChI is InChI=1S/C14H16N2O/c1-14(2,9-15)13(17)11-5-3-7-12-10(11)6-4-8-16-12/h3-8H,9,15H2,1-2H3. The summed E-state index contributed by atoms with van der Waals surface area (Å²) >= 11 is 0. The number of nitrogens with two attached hydrogens (primary N) is 1. The Hall–Kier alpha value is -1.74. The molecule has 1 heterocycles. The highest BCUT2D eigenvalue weighted by molar-refractivity contribution is 6.09. The van der Waals surface area contributed by atoms with Gasteiger partial charge >= 0.3 is 0 Å². The largest absolute Gasteiger partial charge is 0.329 e. The predicted octanol–water partition coefficient (Wildman–Crippen LogP) is 2.40. The van der Waals surface area contributed by atoms with Gasteiger partial charge in [0.2, 0.25) is 0 Å². The van der Waals surface area contributed by atoms with Crippen LogP contribution in [0.2, 0.25) is 0 Å². The van der Waals surface area contributed by atoms with E-state index in [4.69, 9.17) is 5.73 Å². The van der Waals surface area contributed by atoms with Crippen molar-refractivity contribution in [2.45, 2.75) is 13.8 Å². The van der Waals surface area contributed by atoms with Gasteiger partial charge in [0, 0.05) is 29.1 Å². The van der Waals surface area contributed by atoms with Crippen LogP contribution in [0.5, 0.6) is 0 Å². The number of ketones is 1. The lowest BCUT2D eigenvalue weighted by molar-refractivity contribution is 0.0849. The minimum atomic E-state index is -0.538. The first-order valence-corrected chi connectivity index (χ1v) is 5.65. The van der Waals surface area contributed by atoms with E-state index in [-0.39, 0.29) is 5.78 Å². The Morgan fingerprint density at radius 2 is 2.06 bits per heavy atom. The summed E-state index contributed by atoms with van der Waals surface area (Å²) in [4.78, 5) is 16.7. The second-order valence-electron chi connectivity index (χ2n) is 4.79. The summed E-state index contributed by atoms with van der Waals surface area (Å²) in [7, 11) is 0. The van der Waals surface area contributed by atoms with Crippen molar-refractivity contribution in [2.75, 3.05) is 6.54 Å². The molecule has 0 atom stereocenters. The van der Waals surface area contributed by atoms with Gasteiger partial charge in [0.05, 0.1) is 5.52 Å². The van der Waals surface area contributed by atoms with Crippen LogP contribution in [0.4, 0.5) is 0 Å². The number of Topliss-reactive ketones (excluding diaryl/α,β-unsaturated/α-hetero) is 1. The number of benzene rings is 1. The fraction of sp³-hybridized carbons (Fsp3) is 0.286. The highest BCUT2D eigenvalue weighted by Crippen LogP contribution is 2.25. The monoisotopic (exact) mass is 228 g/mol. The molecule has 0 spiro atoms. The van der Waals surface area contributed by atoms with E-state index >= 15 is 0 Å². The molecule has 1 aromatic heterocycles. The molecule has 2 aromatic rings. The molecule has 0 saturated carbocycles. The summed E-state index contributed by atoms with van der Waals surface area (Å²) < 4.78 is 0. The first-order chi connectivity index (χ1) is 8.06. The summed E-state index contributed by atoms with van der Waals surface area (Å²) in [5, 5.41) is 0.890. The fourth-order valence-electron chi connectivity index (χ4n) is 1.76. The van der Waals surface area contributed by atoms with Crippen LogP contribution >= 0.6 is 0 Å². The molecule has 0 radical (unpaired) electrons. The van der Waals surface area contributed by atoms with Gasteiger partial charge in [-0.05, 0) is 12.1 Å². The van der Waals surface area contributed by atoms with Gasteiger partial charge in [0.1, 0.15) is 0 Å². The van der Waals surface area contributed by atoms with E-state index in [2.05, 4.69) is 4.98 Å². The van der Waals surface area contributed by atoms with Gasteiger partial charge < -0.3 is 5.73 Å². The van der Waals surface area contributed by atoms with Crippen LogP contribution in [-0.4, -0.2) is 17.3 Å². The molecule has 0 aliphatic rings. The lowest BCUT2D eigenvalue weighted by atomic mass is 9.83. The normalized spacial score (nSPS) is 11.7. The summed E-state index contributed by atoms with van der Waals surface area (Å²) in [6.07, 6.45) is 1.73. The number of fused-ring (bicyclic) bond motifs is 1. The van der Waals surface area contributed by atoms with E-state index in [9.17, 15) is 4.79 Å². The highest BCUT2D eigenvalue weighted by Gasteiger charge is 2.28. The second kappa shape index (κ2) is 4.26. The van der Waals surface area contributed by atoms with Gasteiger partial charge in [0.25, 0.3) is 0 Å². The third-order valence-corrected chi connectivity index (χ3v) is 3.02. The average Bonchev–Trinajstić information content (AvgIpc) is 2.37. The van der Waals surface area contributed by atoms with Crippen LogP contribution in [0.3, 0.4) is 0 Å². The number of hydrogen-bond acceptors (Lipinski definition) is 3. The summed E-state index contributed by atoms with van der Waals surface area (Å²) in [6.45, 7) is 4.07. The zero-order chi connectivity index (χ0) is 12.5. The van der Waals surface area contributed by atoms with Gasteiger partial charge in [-0.15, -0.1) is 0 Å². The van der Waals surface area contributed by atoms with Crippen LogP contribution in [0.15, 0.2) is 36.5 Å². The number of nitrogens with zero attached hydrogens (tertiary/aromatic N) is 1. The minimum Gasteiger partial charge on any atom is -0.329 e. The molecule has 0 amide bonds. The maximum atomic E-state index is 12.4. The Bertz CT molecular complexity index is 556. The van der Waals surface area contributed by atoms with Gasteiger partial charge in [-0.2, -0.15) is 0 Å². The molecule has 3 nitrogen and oxygen atoms in total. The molecule has 3 heteroatoms. The van der Waals surface area contributed by atoms with Crippen molar-refractivity contribution in [3.05, 3.63) is 42.1 Å². The first-order valence-electron chi connectivity index (χ1n) is 5.65. The molecular formula is C14H16N2O. The van der Waals surface area contributed by atoms with E-state index in [1.165, 1.54) is 0 Å². The molecule has 1 aromatic carbocycles. The van der Waals surface area contributed by atoms with Crippen LogP contribution < -0.4 is 5.73 Å².